The summed E-state index contributed by atoms with van der Waals surface area (Å²) in [4.78, 5) is 22.8. The molecule has 1 amide bonds. The van der Waals surface area contributed by atoms with E-state index in [2.05, 4.69) is 10.4 Å². The van der Waals surface area contributed by atoms with Crippen molar-refractivity contribution in [2.24, 2.45) is 7.05 Å². The fourth-order valence-corrected chi connectivity index (χ4v) is 1.54. The van der Waals surface area contributed by atoms with Gasteiger partial charge >= 0.3 is 5.97 Å². The van der Waals surface area contributed by atoms with Gasteiger partial charge in [0.25, 0.3) is 5.91 Å². The first-order chi connectivity index (χ1) is 8.97. The first-order valence-corrected chi connectivity index (χ1v) is 5.30. The van der Waals surface area contributed by atoms with E-state index in [0.717, 1.165) is 12.1 Å². The largest absolute Gasteiger partial charge is 0.478 e. The third kappa shape index (κ3) is 2.76. The molecule has 7 heteroatoms. The van der Waals surface area contributed by atoms with E-state index < -0.39 is 17.7 Å². The predicted octanol–water partition coefficient (Wildman–Crippen LogP) is 1.51. The van der Waals surface area contributed by atoms with Crippen molar-refractivity contribution in [3.05, 3.63) is 47.5 Å². The van der Waals surface area contributed by atoms with E-state index in [1.807, 2.05) is 0 Å². The molecular weight excluding hydrogens is 253 g/mol. The molecule has 0 atom stereocenters. The molecule has 0 bridgehead atoms. The Labute approximate surface area is 107 Å². The summed E-state index contributed by atoms with van der Waals surface area (Å²) in [5.74, 6) is -2.51. The summed E-state index contributed by atoms with van der Waals surface area (Å²) in [5, 5.41) is 15.2. The van der Waals surface area contributed by atoms with Crippen molar-refractivity contribution in [1.29, 1.82) is 0 Å². The smallest absolute Gasteiger partial charge is 0.337 e. The topological polar surface area (TPSA) is 84.2 Å². The number of aromatic nitrogens is 2. The van der Waals surface area contributed by atoms with Crippen molar-refractivity contribution in [2.75, 3.05) is 5.32 Å². The Morgan fingerprint density at radius 1 is 1.42 bits per heavy atom. The van der Waals surface area contributed by atoms with Crippen LogP contribution in [-0.4, -0.2) is 26.8 Å². The molecular formula is C12H10FN3O3. The van der Waals surface area contributed by atoms with Crippen LogP contribution >= 0.6 is 0 Å². The SMILES string of the molecule is Cn1cc(C(=O)Nc2ccc(F)cc2C(=O)O)cn1. The maximum atomic E-state index is 13.0. The van der Waals surface area contributed by atoms with Crippen LogP contribution in [-0.2, 0) is 7.05 Å². The fraction of sp³-hybridized carbons (Fsp3) is 0.0833. The molecule has 1 heterocycles. The van der Waals surface area contributed by atoms with Crippen LogP contribution in [0.2, 0.25) is 0 Å². The Balaban J connectivity index is 2.28. The van der Waals surface area contributed by atoms with E-state index in [1.165, 1.54) is 23.1 Å². The number of carbonyl (C=O) groups excluding carboxylic acids is 1. The molecule has 0 spiro atoms. The number of benzene rings is 1. The number of nitrogens with one attached hydrogen (secondary N) is 1. The van der Waals surface area contributed by atoms with E-state index in [0.29, 0.717) is 0 Å². The van der Waals surface area contributed by atoms with Crippen LogP contribution in [0.25, 0.3) is 0 Å². The van der Waals surface area contributed by atoms with Gasteiger partial charge in [0.2, 0.25) is 0 Å². The molecule has 1 aromatic heterocycles. The summed E-state index contributed by atoms with van der Waals surface area (Å²) in [6, 6.07) is 3.12. The van der Waals surface area contributed by atoms with Crippen LogP contribution in [0.1, 0.15) is 20.7 Å². The van der Waals surface area contributed by atoms with Crippen molar-refractivity contribution in [1.82, 2.24) is 9.78 Å². The number of carbonyl (C=O) groups is 2. The molecule has 6 nitrogen and oxygen atoms in total. The molecule has 0 saturated carbocycles. The zero-order valence-corrected chi connectivity index (χ0v) is 9.92. The number of carboxylic acid groups (broad SMARTS) is 1. The number of amides is 1. The second kappa shape index (κ2) is 4.89. The van der Waals surface area contributed by atoms with E-state index >= 15 is 0 Å². The quantitative estimate of drug-likeness (QED) is 0.879. The number of carboxylic acids is 1. The molecule has 0 aliphatic carbocycles. The Morgan fingerprint density at radius 3 is 2.74 bits per heavy atom. The van der Waals surface area contributed by atoms with Gasteiger partial charge in [-0.2, -0.15) is 5.10 Å². The van der Waals surface area contributed by atoms with E-state index in [-0.39, 0.29) is 16.8 Å². The van der Waals surface area contributed by atoms with Crippen LogP contribution in [0.15, 0.2) is 30.6 Å². The van der Waals surface area contributed by atoms with Crippen LogP contribution < -0.4 is 5.32 Å². The number of nitrogens with zero attached hydrogens (tertiary/aromatic N) is 2. The number of anilines is 1. The van der Waals surface area contributed by atoms with Crippen LogP contribution in [0.5, 0.6) is 0 Å². The second-order valence-electron chi connectivity index (χ2n) is 3.85. The molecule has 0 saturated heterocycles. The number of hydrogen-bond donors (Lipinski definition) is 2. The second-order valence-corrected chi connectivity index (χ2v) is 3.85. The number of aryl methyl sites for hydroxylation is 1. The van der Waals surface area contributed by atoms with Crippen molar-refractivity contribution in [3.63, 3.8) is 0 Å². The Morgan fingerprint density at radius 2 is 2.16 bits per heavy atom. The zero-order valence-electron chi connectivity index (χ0n) is 9.92. The van der Waals surface area contributed by atoms with Gasteiger partial charge in [-0.05, 0) is 18.2 Å². The Kier molecular flexibility index (Phi) is 3.28. The lowest BCUT2D eigenvalue weighted by Gasteiger charge is -2.07. The molecule has 0 aliphatic rings. The summed E-state index contributed by atoms with van der Waals surface area (Å²) >= 11 is 0. The minimum atomic E-state index is -1.32. The number of aromatic carboxylic acids is 1. The molecule has 19 heavy (non-hydrogen) atoms. The molecule has 2 N–H and O–H groups in total. The van der Waals surface area contributed by atoms with Gasteiger partial charge in [0, 0.05) is 13.2 Å². The lowest BCUT2D eigenvalue weighted by atomic mass is 10.1. The molecule has 0 fully saturated rings. The summed E-state index contributed by atoms with van der Waals surface area (Å²) in [6.45, 7) is 0. The van der Waals surface area contributed by atoms with E-state index in [1.54, 1.807) is 7.05 Å². The average Bonchev–Trinajstić information content (AvgIpc) is 2.78. The molecule has 0 radical (unpaired) electrons. The predicted molar refractivity (Wildman–Crippen MR) is 64.5 cm³/mol. The molecule has 0 unspecified atom stereocenters. The maximum Gasteiger partial charge on any atom is 0.337 e. The summed E-state index contributed by atoms with van der Waals surface area (Å²) in [6.07, 6.45) is 2.83. The first kappa shape index (κ1) is 12.7. The van der Waals surface area contributed by atoms with Gasteiger partial charge in [0.15, 0.2) is 0 Å². The first-order valence-electron chi connectivity index (χ1n) is 5.30. The standard InChI is InChI=1S/C12H10FN3O3/c1-16-6-7(5-14-16)11(17)15-10-3-2-8(13)4-9(10)12(18)19/h2-6H,1H3,(H,15,17)(H,18,19). The maximum absolute atomic E-state index is 13.0. The molecule has 98 valence electrons. The summed E-state index contributed by atoms with van der Waals surface area (Å²) in [7, 11) is 1.65. The van der Waals surface area contributed by atoms with E-state index in [9.17, 15) is 14.0 Å². The Hall–Kier alpha value is -2.70. The number of hydrogen-bond acceptors (Lipinski definition) is 3. The average molecular weight is 263 g/mol. The molecule has 0 aliphatic heterocycles. The van der Waals surface area contributed by atoms with Crippen molar-refractivity contribution in [3.8, 4) is 0 Å². The number of halogens is 1. The zero-order chi connectivity index (χ0) is 14.0. The molecule has 2 rings (SSSR count). The lowest BCUT2D eigenvalue weighted by Crippen LogP contribution is -2.14. The normalized spacial score (nSPS) is 10.2. The highest BCUT2D eigenvalue weighted by Gasteiger charge is 2.15. The van der Waals surface area contributed by atoms with E-state index in [4.69, 9.17) is 5.11 Å². The van der Waals surface area contributed by atoms with Gasteiger partial charge in [-0.25, -0.2) is 9.18 Å². The monoisotopic (exact) mass is 263 g/mol. The third-order valence-corrected chi connectivity index (χ3v) is 2.43. The highest BCUT2D eigenvalue weighted by molar-refractivity contribution is 6.07. The highest BCUT2D eigenvalue weighted by atomic mass is 19.1. The van der Waals surface area contributed by atoms with Gasteiger partial charge in [-0.3, -0.25) is 9.48 Å². The summed E-state index contributed by atoms with van der Waals surface area (Å²) < 4.78 is 14.4. The van der Waals surface area contributed by atoms with Gasteiger partial charge in [0.05, 0.1) is 23.0 Å². The minimum Gasteiger partial charge on any atom is -0.478 e. The highest BCUT2D eigenvalue weighted by Crippen LogP contribution is 2.18. The van der Waals surface area contributed by atoms with Gasteiger partial charge in [0.1, 0.15) is 5.82 Å². The Bertz CT molecular complexity index is 651. The molecule has 2 aromatic rings. The van der Waals surface area contributed by atoms with Crippen molar-refractivity contribution < 1.29 is 19.1 Å². The fourth-order valence-electron chi connectivity index (χ4n) is 1.54. The molecule has 1 aromatic carbocycles. The van der Waals surface area contributed by atoms with Gasteiger partial charge in [-0.1, -0.05) is 0 Å². The third-order valence-electron chi connectivity index (χ3n) is 2.43. The summed E-state index contributed by atoms with van der Waals surface area (Å²) in [5.41, 5.74) is 0.00292. The van der Waals surface area contributed by atoms with Gasteiger partial charge < -0.3 is 10.4 Å². The van der Waals surface area contributed by atoms with Crippen LogP contribution in [0.3, 0.4) is 0 Å². The van der Waals surface area contributed by atoms with Crippen molar-refractivity contribution in [2.45, 2.75) is 0 Å². The van der Waals surface area contributed by atoms with Crippen LogP contribution in [0, 0.1) is 5.82 Å². The minimum absolute atomic E-state index is 0.0303. The van der Waals surface area contributed by atoms with Crippen molar-refractivity contribution >= 4 is 17.6 Å². The lowest BCUT2D eigenvalue weighted by molar-refractivity contribution is 0.0697. The van der Waals surface area contributed by atoms with Crippen LogP contribution in [0.4, 0.5) is 10.1 Å². The number of rotatable bonds is 3. The van der Waals surface area contributed by atoms with Gasteiger partial charge in [-0.15, -0.1) is 0 Å².